The second-order valence-corrected chi connectivity index (χ2v) is 5.62. The van der Waals surface area contributed by atoms with Crippen molar-refractivity contribution in [1.29, 1.82) is 0 Å². The van der Waals surface area contributed by atoms with Crippen LogP contribution >= 0.6 is 7.52 Å². The summed E-state index contributed by atoms with van der Waals surface area (Å²) in [5, 5.41) is 19.5. The summed E-state index contributed by atoms with van der Waals surface area (Å²) in [5.74, 6) is -2.59. The Morgan fingerprint density at radius 2 is 2.00 bits per heavy atom. The van der Waals surface area contributed by atoms with Gasteiger partial charge in [-0.3, -0.25) is 9.36 Å². The fourth-order valence-corrected chi connectivity index (χ4v) is 2.13. The highest BCUT2D eigenvalue weighted by atomic mass is 31.2. The van der Waals surface area contributed by atoms with Crippen molar-refractivity contribution in [2.45, 2.75) is 26.1 Å². The van der Waals surface area contributed by atoms with Crippen LogP contribution in [0.25, 0.3) is 0 Å². The van der Waals surface area contributed by atoms with Crippen LogP contribution in [-0.4, -0.2) is 33.5 Å². The molecule has 0 fully saturated rings. The quantitative estimate of drug-likeness (QED) is 0.481. The standard InChI is InChI=1S/C7H16NO5P/c1-5(2)3-7(11)14(12,13)8-4-6(9)10/h5,7,11H,3-4H2,1-2H3,(H,9,10)(H2,8,12,13). The molecule has 0 aliphatic rings. The molecule has 0 spiro atoms. The molecule has 0 bridgehead atoms. The van der Waals surface area contributed by atoms with Crippen molar-refractivity contribution in [2.75, 3.05) is 6.54 Å². The Morgan fingerprint density at radius 1 is 1.50 bits per heavy atom. The van der Waals surface area contributed by atoms with Gasteiger partial charge < -0.3 is 15.1 Å². The zero-order valence-corrected chi connectivity index (χ0v) is 9.07. The molecular weight excluding hydrogens is 209 g/mol. The molecule has 0 aliphatic carbocycles. The molecule has 14 heavy (non-hydrogen) atoms. The van der Waals surface area contributed by atoms with E-state index >= 15 is 0 Å². The van der Waals surface area contributed by atoms with E-state index in [0.717, 1.165) is 0 Å². The van der Waals surface area contributed by atoms with Gasteiger partial charge >= 0.3 is 5.97 Å². The minimum absolute atomic E-state index is 0.0668. The van der Waals surface area contributed by atoms with Crippen LogP contribution in [0.15, 0.2) is 0 Å². The number of hydrogen-bond donors (Lipinski definition) is 4. The Bertz CT molecular complexity index is 242. The molecule has 2 atom stereocenters. The van der Waals surface area contributed by atoms with Gasteiger partial charge in [-0.1, -0.05) is 13.8 Å². The van der Waals surface area contributed by atoms with E-state index in [1.165, 1.54) is 0 Å². The SMILES string of the molecule is CC(C)CC(O)P(=O)(O)NCC(=O)O. The molecular formula is C7H16NO5P. The van der Waals surface area contributed by atoms with Crippen LogP contribution in [0.4, 0.5) is 0 Å². The van der Waals surface area contributed by atoms with Crippen LogP contribution in [0.5, 0.6) is 0 Å². The highest BCUT2D eigenvalue weighted by Gasteiger charge is 2.29. The van der Waals surface area contributed by atoms with Crippen molar-refractivity contribution >= 4 is 13.5 Å². The predicted molar refractivity (Wildman–Crippen MR) is 50.9 cm³/mol. The largest absolute Gasteiger partial charge is 0.480 e. The van der Waals surface area contributed by atoms with E-state index in [1.807, 2.05) is 5.09 Å². The highest BCUT2D eigenvalue weighted by Crippen LogP contribution is 2.42. The monoisotopic (exact) mass is 225 g/mol. The second kappa shape index (κ2) is 5.46. The second-order valence-electron chi connectivity index (χ2n) is 3.46. The number of carbonyl (C=O) groups is 1. The summed E-state index contributed by atoms with van der Waals surface area (Å²) in [6.45, 7) is 2.95. The van der Waals surface area contributed by atoms with Crippen molar-refractivity contribution in [3.63, 3.8) is 0 Å². The van der Waals surface area contributed by atoms with Gasteiger partial charge in [0.1, 0.15) is 12.4 Å². The van der Waals surface area contributed by atoms with Gasteiger partial charge in [-0.2, -0.15) is 0 Å². The third-order valence-electron chi connectivity index (χ3n) is 1.54. The van der Waals surface area contributed by atoms with Crippen LogP contribution in [0.3, 0.4) is 0 Å². The summed E-state index contributed by atoms with van der Waals surface area (Å²) < 4.78 is 11.3. The van der Waals surface area contributed by atoms with E-state index in [9.17, 15) is 19.4 Å². The normalized spacial score (nSPS) is 17.8. The molecule has 0 aliphatic heterocycles. The van der Waals surface area contributed by atoms with Gasteiger partial charge in [0.15, 0.2) is 0 Å². The van der Waals surface area contributed by atoms with Crippen LogP contribution in [0, 0.1) is 5.92 Å². The highest BCUT2D eigenvalue weighted by molar-refractivity contribution is 7.56. The van der Waals surface area contributed by atoms with Gasteiger partial charge in [0.05, 0.1) is 0 Å². The summed E-state index contributed by atoms with van der Waals surface area (Å²) in [7, 11) is -3.97. The number of nitrogens with one attached hydrogen (secondary N) is 1. The smallest absolute Gasteiger partial charge is 0.317 e. The molecule has 0 aromatic carbocycles. The molecule has 4 N–H and O–H groups in total. The Balaban J connectivity index is 4.16. The zero-order valence-electron chi connectivity index (χ0n) is 8.17. The summed E-state index contributed by atoms with van der Waals surface area (Å²) in [6, 6.07) is 0. The number of aliphatic carboxylic acids is 1. The van der Waals surface area contributed by atoms with Gasteiger partial charge in [0, 0.05) is 0 Å². The van der Waals surface area contributed by atoms with Gasteiger partial charge in [-0.25, -0.2) is 5.09 Å². The Hall–Kier alpha value is -0.420. The molecule has 7 heteroatoms. The molecule has 0 saturated heterocycles. The lowest BCUT2D eigenvalue weighted by Gasteiger charge is -2.19. The number of aliphatic hydroxyl groups excluding tert-OH is 1. The minimum atomic E-state index is -3.97. The summed E-state index contributed by atoms with van der Waals surface area (Å²) in [4.78, 5) is 19.3. The number of hydrogen-bond acceptors (Lipinski definition) is 3. The summed E-state index contributed by atoms with van der Waals surface area (Å²) >= 11 is 0. The molecule has 2 unspecified atom stereocenters. The van der Waals surface area contributed by atoms with Crippen molar-refractivity contribution < 1.29 is 24.5 Å². The third kappa shape index (κ3) is 5.34. The molecule has 0 radical (unpaired) electrons. The Kier molecular flexibility index (Phi) is 5.29. The average molecular weight is 225 g/mol. The number of aliphatic hydroxyl groups is 1. The van der Waals surface area contributed by atoms with E-state index in [0.29, 0.717) is 0 Å². The number of rotatable bonds is 6. The van der Waals surface area contributed by atoms with Crippen LogP contribution in [-0.2, 0) is 9.36 Å². The van der Waals surface area contributed by atoms with Crippen molar-refractivity contribution in [1.82, 2.24) is 5.09 Å². The van der Waals surface area contributed by atoms with Crippen molar-refractivity contribution in [2.24, 2.45) is 5.92 Å². The fraction of sp³-hybridized carbons (Fsp3) is 0.857. The van der Waals surface area contributed by atoms with Gasteiger partial charge in [0.2, 0.25) is 0 Å². The van der Waals surface area contributed by atoms with Gasteiger partial charge in [-0.15, -0.1) is 0 Å². The average Bonchev–Trinajstić information content (AvgIpc) is 1.99. The van der Waals surface area contributed by atoms with E-state index in [1.54, 1.807) is 13.8 Å². The molecule has 0 rings (SSSR count). The molecule has 0 amide bonds. The van der Waals surface area contributed by atoms with Crippen molar-refractivity contribution in [3.8, 4) is 0 Å². The lowest BCUT2D eigenvalue weighted by Crippen LogP contribution is -2.26. The summed E-state index contributed by atoms with van der Waals surface area (Å²) in [5.41, 5.74) is 0. The maximum atomic E-state index is 11.3. The van der Waals surface area contributed by atoms with Gasteiger partial charge in [0.25, 0.3) is 7.52 Å². The van der Waals surface area contributed by atoms with Gasteiger partial charge in [-0.05, 0) is 12.3 Å². The first-order valence-corrected chi connectivity index (χ1v) is 5.96. The van der Waals surface area contributed by atoms with Crippen LogP contribution in [0.2, 0.25) is 0 Å². The first-order valence-electron chi connectivity index (χ1n) is 4.23. The lowest BCUT2D eigenvalue weighted by molar-refractivity contribution is -0.135. The van der Waals surface area contributed by atoms with E-state index < -0.39 is 25.9 Å². The molecule has 6 nitrogen and oxygen atoms in total. The lowest BCUT2D eigenvalue weighted by atomic mass is 10.1. The number of carboxylic acids is 1. The van der Waals surface area contributed by atoms with E-state index in [2.05, 4.69) is 0 Å². The van der Waals surface area contributed by atoms with Crippen LogP contribution < -0.4 is 5.09 Å². The molecule has 0 aromatic heterocycles. The van der Waals surface area contributed by atoms with Crippen molar-refractivity contribution in [3.05, 3.63) is 0 Å². The zero-order chi connectivity index (χ0) is 11.4. The molecule has 0 aromatic rings. The first-order chi connectivity index (χ1) is 6.25. The maximum Gasteiger partial charge on any atom is 0.317 e. The topological polar surface area (TPSA) is 107 Å². The first kappa shape index (κ1) is 13.6. The Labute approximate surface area is 82.5 Å². The minimum Gasteiger partial charge on any atom is -0.480 e. The fourth-order valence-electron chi connectivity index (χ4n) is 0.851. The van der Waals surface area contributed by atoms with Crippen LogP contribution in [0.1, 0.15) is 20.3 Å². The predicted octanol–water partition coefficient (Wildman–Crippen LogP) is 0.210. The summed E-state index contributed by atoms with van der Waals surface area (Å²) in [6.07, 6.45) is 0.153. The number of carboxylic acid groups (broad SMARTS) is 1. The molecule has 84 valence electrons. The molecule has 0 saturated carbocycles. The van der Waals surface area contributed by atoms with E-state index in [-0.39, 0.29) is 12.3 Å². The molecule has 0 heterocycles. The third-order valence-corrected chi connectivity index (χ3v) is 3.17. The maximum absolute atomic E-state index is 11.3. The van der Waals surface area contributed by atoms with E-state index in [4.69, 9.17) is 5.11 Å². The Morgan fingerprint density at radius 3 is 2.36 bits per heavy atom.